The fraction of sp³-hybridized carbons (Fsp3) is 1.00. The summed E-state index contributed by atoms with van der Waals surface area (Å²) in [6.07, 6.45) is 25.7. The summed E-state index contributed by atoms with van der Waals surface area (Å²) < 4.78 is 0. The predicted molar refractivity (Wildman–Crippen MR) is 120 cm³/mol. The lowest BCUT2D eigenvalue weighted by Gasteiger charge is -2.22. The summed E-state index contributed by atoms with van der Waals surface area (Å²) in [5.41, 5.74) is 0. The van der Waals surface area contributed by atoms with E-state index >= 15 is 0 Å². The van der Waals surface area contributed by atoms with Crippen LogP contribution >= 0.6 is 0 Å². The molecule has 0 heterocycles. The summed E-state index contributed by atoms with van der Waals surface area (Å²) >= 11 is 0. The van der Waals surface area contributed by atoms with Crippen LogP contribution in [0.2, 0.25) is 0 Å². The highest BCUT2D eigenvalue weighted by molar-refractivity contribution is 4.60. The van der Waals surface area contributed by atoms with Crippen molar-refractivity contribution in [2.45, 2.75) is 136 Å². The van der Waals surface area contributed by atoms with Crippen molar-refractivity contribution in [3.05, 3.63) is 0 Å². The summed E-state index contributed by atoms with van der Waals surface area (Å²) in [5, 5.41) is 0. The molecule has 0 aliphatic rings. The number of hydrogen-bond donors (Lipinski definition) is 0. The SMILES string of the molecule is CCCCCCCCN(CCCCCCCC)CCCCCCCC.O. The monoisotopic (exact) mass is 371 g/mol. The molecule has 160 valence electrons. The Kier molecular flexibility index (Phi) is 27.0. The Morgan fingerprint density at radius 2 is 0.577 bits per heavy atom. The molecule has 2 heteroatoms. The zero-order valence-electron chi connectivity index (χ0n) is 18.8. The maximum absolute atomic E-state index is 2.79. The Bertz CT molecular complexity index is 194. The summed E-state index contributed by atoms with van der Waals surface area (Å²) in [4.78, 5) is 2.79. The first-order valence-electron chi connectivity index (χ1n) is 12.1. The lowest BCUT2D eigenvalue weighted by atomic mass is 10.1. The molecule has 0 fully saturated rings. The maximum Gasteiger partial charge on any atom is -0.00187 e. The molecule has 0 rings (SSSR count). The van der Waals surface area contributed by atoms with Crippen molar-refractivity contribution in [2.75, 3.05) is 19.6 Å². The minimum absolute atomic E-state index is 0. The van der Waals surface area contributed by atoms with Crippen molar-refractivity contribution >= 4 is 0 Å². The van der Waals surface area contributed by atoms with Crippen LogP contribution < -0.4 is 0 Å². The van der Waals surface area contributed by atoms with Crippen LogP contribution in [0.1, 0.15) is 136 Å². The van der Waals surface area contributed by atoms with Gasteiger partial charge in [0, 0.05) is 0 Å². The van der Waals surface area contributed by atoms with Gasteiger partial charge in [0.05, 0.1) is 0 Å². The molecule has 0 bridgehead atoms. The second kappa shape index (κ2) is 24.9. The highest BCUT2D eigenvalue weighted by atomic mass is 16.0. The van der Waals surface area contributed by atoms with Crippen molar-refractivity contribution in [1.29, 1.82) is 0 Å². The first kappa shape index (κ1) is 28.1. The molecule has 0 aromatic carbocycles. The smallest absolute Gasteiger partial charge is 0.00187 e. The van der Waals surface area contributed by atoms with Crippen LogP contribution in [0, 0.1) is 0 Å². The standard InChI is InChI=1S/C24H51N.H2O/c1-4-7-10-13-16-19-22-25(23-20-17-14-11-8-5-2)24-21-18-15-12-9-6-3;/h4-24H2,1-3H3;1H2. The van der Waals surface area contributed by atoms with Gasteiger partial charge in [0.1, 0.15) is 0 Å². The second-order valence-electron chi connectivity index (χ2n) is 8.14. The van der Waals surface area contributed by atoms with E-state index in [-0.39, 0.29) is 5.48 Å². The molecule has 0 aliphatic carbocycles. The number of rotatable bonds is 21. The molecule has 0 spiro atoms. The van der Waals surface area contributed by atoms with Gasteiger partial charge in [-0.05, 0) is 38.9 Å². The molecule has 0 aromatic heterocycles. The largest absolute Gasteiger partial charge is 0.412 e. The number of nitrogens with zero attached hydrogens (tertiary/aromatic N) is 1. The van der Waals surface area contributed by atoms with E-state index in [4.69, 9.17) is 0 Å². The molecule has 0 amide bonds. The summed E-state index contributed by atoms with van der Waals surface area (Å²) in [6.45, 7) is 11.0. The van der Waals surface area contributed by atoms with Crippen molar-refractivity contribution in [2.24, 2.45) is 0 Å². The van der Waals surface area contributed by atoms with Crippen LogP contribution in [-0.2, 0) is 0 Å². The lowest BCUT2D eigenvalue weighted by Crippen LogP contribution is -2.27. The van der Waals surface area contributed by atoms with Gasteiger partial charge in [-0.1, -0.05) is 117 Å². The maximum atomic E-state index is 2.79. The van der Waals surface area contributed by atoms with E-state index in [1.165, 1.54) is 135 Å². The van der Waals surface area contributed by atoms with Gasteiger partial charge in [-0.2, -0.15) is 0 Å². The second-order valence-corrected chi connectivity index (χ2v) is 8.14. The molecule has 0 radical (unpaired) electrons. The fourth-order valence-electron chi connectivity index (χ4n) is 3.68. The Labute approximate surface area is 166 Å². The number of unbranched alkanes of at least 4 members (excludes halogenated alkanes) is 15. The quantitative estimate of drug-likeness (QED) is 0.192. The zero-order chi connectivity index (χ0) is 18.4. The van der Waals surface area contributed by atoms with Gasteiger partial charge >= 0.3 is 0 Å². The third kappa shape index (κ3) is 22.0. The normalized spacial score (nSPS) is 11.1. The van der Waals surface area contributed by atoms with Gasteiger partial charge in [-0.25, -0.2) is 0 Å². The van der Waals surface area contributed by atoms with Crippen LogP contribution in [0.15, 0.2) is 0 Å². The number of hydrogen-bond acceptors (Lipinski definition) is 1. The average Bonchev–Trinajstić information content (AvgIpc) is 2.63. The van der Waals surface area contributed by atoms with Crippen LogP contribution in [-0.4, -0.2) is 30.0 Å². The topological polar surface area (TPSA) is 34.7 Å². The van der Waals surface area contributed by atoms with Crippen LogP contribution in [0.5, 0.6) is 0 Å². The first-order valence-corrected chi connectivity index (χ1v) is 12.1. The Morgan fingerprint density at radius 3 is 0.846 bits per heavy atom. The van der Waals surface area contributed by atoms with Crippen molar-refractivity contribution < 1.29 is 5.48 Å². The minimum atomic E-state index is 0. The van der Waals surface area contributed by atoms with Crippen molar-refractivity contribution in [3.8, 4) is 0 Å². The predicted octanol–water partition coefficient (Wildman–Crippen LogP) is 7.55. The molecule has 0 unspecified atom stereocenters. The van der Waals surface area contributed by atoms with Crippen LogP contribution in [0.3, 0.4) is 0 Å². The molecular weight excluding hydrogens is 318 g/mol. The van der Waals surface area contributed by atoms with Crippen LogP contribution in [0.25, 0.3) is 0 Å². The van der Waals surface area contributed by atoms with E-state index in [9.17, 15) is 0 Å². The molecule has 0 saturated heterocycles. The molecular formula is C24H53NO. The van der Waals surface area contributed by atoms with Gasteiger partial charge in [0.2, 0.25) is 0 Å². The van der Waals surface area contributed by atoms with E-state index in [0.717, 1.165) is 0 Å². The Hall–Kier alpha value is -0.0800. The minimum Gasteiger partial charge on any atom is -0.412 e. The molecule has 0 atom stereocenters. The molecule has 0 aromatic rings. The molecule has 0 aliphatic heterocycles. The van der Waals surface area contributed by atoms with Gasteiger partial charge in [-0.3, -0.25) is 0 Å². The van der Waals surface area contributed by atoms with Gasteiger partial charge in [-0.15, -0.1) is 0 Å². The average molecular weight is 372 g/mol. The summed E-state index contributed by atoms with van der Waals surface area (Å²) in [7, 11) is 0. The van der Waals surface area contributed by atoms with E-state index in [2.05, 4.69) is 25.7 Å². The van der Waals surface area contributed by atoms with Crippen LogP contribution in [0.4, 0.5) is 0 Å². The van der Waals surface area contributed by atoms with E-state index in [1.807, 2.05) is 0 Å². The van der Waals surface area contributed by atoms with E-state index < -0.39 is 0 Å². The van der Waals surface area contributed by atoms with Gasteiger partial charge in [0.25, 0.3) is 0 Å². The zero-order valence-corrected chi connectivity index (χ0v) is 18.8. The van der Waals surface area contributed by atoms with Crippen molar-refractivity contribution in [3.63, 3.8) is 0 Å². The van der Waals surface area contributed by atoms with E-state index in [1.54, 1.807) is 0 Å². The fourth-order valence-corrected chi connectivity index (χ4v) is 3.68. The van der Waals surface area contributed by atoms with Gasteiger partial charge in [0.15, 0.2) is 0 Å². The van der Waals surface area contributed by atoms with Crippen molar-refractivity contribution in [1.82, 2.24) is 4.90 Å². The summed E-state index contributed by atoms with van der Waals surface area (Å²) in [5.74, 6) is 0. The highest BCUT2D eigenvalue weighted by Gasteiger charge is 2.05. The Morgan fingerprint density at radius 1 is 0.346 bits per heavy atom. The van der Waals surface area contributed by atoms with E-state index in [0.29, 0.717) is 0 Å². The van der Waals surface area contributed by atoms with Gasteiger partial charge < -0.3 is 10.4 Å². The summed E-state index contributed by atoms with van der Waals surface area (Å²) in [6, 6.07) is 0. The Balaban J connectivity index is 0. The highest BCUT2D eigenvalue weighted by Crippen LogP contribution is 2.11. The molecule has 2 nitrogen and oxygen atoms in total. The third-order valence-electron chi connectivity index (χ3n) is 5.48. The third-order valence-corrected chi connectivity index (χ3v) is 5.48. The first-order chi connectivity index (χ1) is 12.3. The molecule has 0 saturated carbocycles. The molecule has 2 N–H and O–H groups in total. The lowest BCUT2D eigenvalue weighted by molar-refractivity contribution is 0.254. The molecule has 26 heavy (non-hydrogen) atoms.